The molecule has 2 rings (SSSR count). The minimum Gasteiger partial charge on any atom is -0.487 e. The van der Waals surface area contributed by atoms with Crippen LogP contribution < -0.4 is 10.5 Å². The van der Waals surface area contributed by atoms with Crippen molar-refractivity contribution in [1.82, 2.24) is 0 Å². The van der Waals surface area contributed by atoms with Crippen LogP contribution in [-0.4, -0.2) is 11.8 Å². The lowest BCUT2D eigenvalue weighted by atomic mass is 9.85. The van der Waals surface area contributed by atoms with Crippen molar-refractivity contribution < 1.29 is 17.9 Å². The van der Waals surface area contributed by atoms with Crippen LogP contribution in [0.15, 0.2) is 22.7 Å². The van der Waals surface area contributed by atoms with Crippen LogP contribution in [-0.2, 0) is 0 Å². The van der Waals surface area contributed by atoms with E-state index in [0.29, 0.717) is 18.6 Å². The Bertz CT molecular complexity index is 492. The SMILES string of the molecule is CC1(CCCC(F)(F)F)CC(N)c2ccc(Br)cc2O1. The Kier molecular flexibility index (Phi) is 4.35. The average molecular weight is 352 g/mol. The molecule has 20 heavy (non-hydrogen) atoms. The molecule has 0 spiro atoms. The van der Waals surface area contributed by atoms with Crippen LogP contribution in [0.5, 0.6) is 5.75 Å². The standard InChI is InChI=1S/C14H17BrF3NO/c1-13(5-2-6-14(16,17)18)8-11(19)10-4-3-9(15)7-12(10)20-13/h3-4,7,11H,2,5-6,8,19H2,1H3. The van der Waals surface area contributed by atoms with Gasteiger partial charge in [-0.15, -0.1) is 0 Å². The van der Waals surface area contributed by atoms with Crippen molar-refractivity contribution in [3.05, 3.63) is 28.2 Å². The van der Waals surface area contributed by atoms with E-state index in [1.54, 1.807) is 0 Å². The molecule has 2 nitrogen and oxygen atoms in total. The lowest BCUT2D eigenvalue weighted by Gasteiger charge is -2.39. The molecule has 0 saturated heterocycles. The molecule has 0 radical (unpaired) electrons. The molecular formula is C14H17BrF3NO. The third-order valence-electron chi connectivity index (χ3n) is 3.55. The van der Waals surface area contributed by atoms with Crippen molar-refractivity contribution in [3.63, 3.8) is 0 Å². The fourth-order valence-electron chi connectivity index (χ4n) is 2.60. The van der Waals surface area contributed by atoms with E-state index in [-0.39, 0.29) is 12.5 Å². The Morgan fingerprint density at radius 1 is 1.45 bits per heavy atom. The summed E-state index contributed by atoms with van der Waals surface area (Å²) in [5.41, 5.74) is 6.38. The summed E-state index contributed by atoms with van der Waals surface area (Å²) in [5.74, 6) is 0.660. The zero-order valence-corrected chi connectivity index (χ0v) is 12.7. The normalized spacial score (nSPS) is 26.0. The second-order valence-corrected chi connectivity index (χ2v) is 6.43. The van der Waals surface area contributed by atoms with Crippen molar-refractivity contribution in [2.75, 3.05) is 0 Å². The quantitative estimate of drug-likeness (QED) is 0.854. The molecule has 0 bridgehead atoms. The van der Waals surface area contributed by atoms with E-state index in [1.165, 1.54) is 0 Å². The number of halogens is 4. The maximum absolute atomic E-state index is 12.2. The van der Waals surface area contributed by atoms with Gasteiger partial charge in [-0.25, -0.2) is 0 Å². The first-order valence-electron chi connectivity index (χ1n) is 6.49. The zero-order valence-electron chi connectivity index (χ0n) is 11.1. The van der Waals surface area contributed by atoms with Crippen LogP contribution in [0.3, 0.4) is 0 Å². The molecule has 0 aromatic heterocycles. The molecule has 2 atom stereocenters. The van der Waals surface area contributed by atoms with E-state index < -0.39 is 18.2 Å². The molecule has 1 heterocycles. The molecule has 0 aliphatic carbocycles. The van der Waals surface area contributed by atoms with Crippen molar-refractivity contribution in [3.8, 4) is 5.75 Å². The molecule has 1 aliphatic rings. The fourth-order valence-corrected chi connectivity index (χ4v) is 2.94. The van der Waals surface area contributed by atoms with Crippen LogP contribution in [0.2, 0.25) is 0 Å². The van der Waals surface area contributed by atoms with E-state index >= 15 is 0 Å². The molecule has 112 valence electrons. The summed E-state index contributed by atoms with van der Waals surface area (Å²) >= 11 is 3.36. The van der Waals surface area contributed by atoms with E-state index in [1.807, 2.05) is 25.1 Å². The number of rotatable bonds is 3. The van der Waals surface area contributed by atoms with Crippen molar-refractivity contribution >= 4 is 15.9 Å². The van der Waals surface area contributed by atoms with Crippen molar-refractivity contribution in [1.29, 1.82) is 0 Å². The maximum Gasteiger partial charge on any atom is 0.389 e. The second-order valence-electron chi connectivity index (χ2n) is 5.51. The number of benzene rings is 1. The first kappa shape index (κ1) is 15.6. The largest absolute Gasteiger partial charge is 0.487 e. The monoisotopic (exact) mass is 351 g/mol. The van der Waals surface area contributed by atoms with Crippen LogP contribution in [0.25, 0.3) is 0 Å². The summed E-state index contributed by atoms with van der Waals surface area (Å²) in [6, 6.07) is 5.38. The highest BCUT2D eigenvalue weighted by Gasteiger charge is 2.37. The van der Waals surface area contributed by atoms with Gasteiger partial charge < -0.3 is 10.5 Å². The van der Waals surface area contributed by atoms with Gasteiger partial charge in [-0.1, -0.05) is 22.0 Å². The molecule has 0 amide bonds. The van der Waals surface area contributed by atoms with Crippen LogP contribution in [0.1, 0.15) is 44.2 Å². The molecule has 1 aromatic carbocycles. The lowest BCUT2D eigenvalue weighted by molar-refractivity contribution is -0.137. The summed E-state index contributed by atoms with van der Waals surface area (Å²) in [6.45, 7) is 1.83. The van der Waals surface area contributed by atoms with E-state index in [2.05, 4.69) is 15.9 Å². The molecule has 1 aliphatic heterocycles. The highest BCUT2D eigenvalue weighted by molar-refractivity contribution is 9.10. The van der Waals surface area contributed by atoms with Crippen molar-refractivity contribution in [2.24, 2.45) is 5.73 Å². The first-order valence-corrected chi connectivity index (χ1v) is 7.29. The third kappa shape index (κ3) is 3.88. The van der Waals surface area contributed by atoms with Gasteiger partial charge in [0.25, 0.3) is 0 Å². The minimum atomic E-state index is -4.12. The topological polar surface area (TPSA) is 35.2 Å². The summed E-state index contributed by atoms with van der Waals surface area (Å²) in [4.78, 5) is 0. The van der Waals surface area contributed by atoms with Gasteiger partial charge in [0.1, 0.15) is 11.4 Å². The molecule has 2 N–H and O–H groups in total. The minimum absolute atomic E-state index is 0.0516. The Morgan fingerprint density at radius 2 is 2.15 bits per heavy atom. The predicted octanol–water partition coefficient (Wildman–Crippen LogP) is 4.72. The van der Waals surface area contributed by atoms with Crippen LogP contribution in [0.4, 0.5) is 13.2 Å². The molecular weight excluding hydrogens is 335 g/mol. The zero-order chi connectivity index (χ0) is 15.0. The number of hydrogen-bond acceptors (Lipinski definition) is 2. The van der Waals surface area contributed by atoms with Gasteiger partial charge in [-0.05, 0) is 31.9 Å². The smallest absolute Gasteiger partial charge is 0.389 e. The average Bonchev–Trinajstić information content (AvgIpc) is 2.25. The van der Waals surface area contributed by atoms with Crippen LogP contribution >= 0.6 is 15.9 Å². The van der Waals surface area contributed by atoms with Gasteiger partial charge in [-0.2, -0.15) is 13.2 Å². The van der Waals surface area contributed by atoms with E-state index in [9.17, 15) is 13.2 Å². The number of hydrogen-bond donors (Lipinski definition) is 1. The second kappa shape index (κ2) is 5.56. The molecule has 0 saturated carbocycles. The van der Waals surface area contributed by atoms with Gasteiger partial charge in [0, 0.05) is 28.9 Å². The molecule has 1 aromatic rings. The number of alkyl halides is 3. The van der Waals surface area contributed by atoms with Gasteiger partial charge in [-0.3, -0.25) is 0 Å². The number of fused-ring (bicyclic) bond motifs is 1. The Balaban J connectivity index is 2.08. The summed E-state index contributed by atoms with van der Waals surface area (Å²) in [6.07, 6.45) is -3.98. The van der Waals surface area contributed by atoms with E-state index in [0.717, 1.165) is 10.0 Å². The van der Waals surface area contributed by atoms with Crippen LogP contribution in [0, 0.1) is 0 Å². The Morgan fingerprint density at radius 3 is 2.80 bits per heavy atom. The molecule has 2 unspecified atom stereocenters. The Hall–Kier alpha value is -0.750. The number of ether oxygens (including phenoxy) is 1. The summed E-state index contributed by atoms with van der Waals surface area (Å²) in [7, 11) is 0. The third-order valence-corrected chi connectivity index (χ3v) is 4.04. The fraction of sp³-hybridized carbons (Fsp3) is 0.571. The summed E-state index contributed by atoms with van der Waals surface area (Å²) in [5, 5.41) is 0. The molecule has 0 fully saturated rings. The molecule has 6 heteroatoms. The predicted molar refractivity (Wildman–Crippen MR) is 74.6 cm³/mol. The van der Waals surface area contributed by atoms with Gasteiger partial charge >= 0.3 is 6.18 Å². The maximum atomic E-state index is 12.2. The first-order chi connectivity index (χ1) is 9.19. The highest BCUT2D eigenvalue weighted by Crippen LogP contribution is 2.42. The highest BCUT2D eigenvalue weighted by atomic mass is 79.9. The van der Waals surface area contributed by atoms with Gasteiger partial charge in [0.2, 0.25) is 0 Å². The number of nitrogens with two attached hydrogens (primary N) is 1. The van der Waals surface area contributed by atoms with Gasteiger partial charge in [0.15, 0.2) is 0 Å². The lowest BCUT2D eigenvalue weighted by Crippen LogP contribution is -2.40. The van der Waals surface area contributed by atoms with E-state index in [4.69, 9.17) is 10.5 Å². The summed E-state index contributed by atoms with van der Waals surface area (Å²) < 4.78 is 43.5. The Labute approximate surface area is 124 Å². The van der Waals surface area contributed by atoms with Gasteiger partial charge in [0.05, 0.1) is 0 Å². The van der Waals surface area contributed by atoms with Crippen molar-refractivity contribution in [2.45, 2.75) is 50.4 Å².